The van der Waals surface area contributed by atoms with E-state index in [0.717, 1.165) is 34.9 Å². The maximum Gasteiger partial charge on any atom is 0.118 e. The lowest BCUT2D eigenvalue weighted by molar-refractivity contribution is 0.466. The highest BCUT2D eigenvalue weighted by Gasteiger charge is 2.02. The fraction of sp³-hybridized carbons (Fsp3) is 0.200. The molecule has 2 aromatic carbocycles. The summed E-state index contributed by atoms with van der Waals surface area (Å²) in [5.41, 5.74) is 2.06. The first-order chi connectivity index (χ1) is 8.65. The molecule has 0 amide bonds. The van der Waals surface area contributed by atoms with Crippen molar-refractivity contribution in [1.82, 2.24) is 0 Å². The van der Waals surface area contributed by atoms with Crippen LogP contribution in [-0.4, -0.2) is 10.2 Å². The highest BCUT2D eigenvalue weighted by Crippen LogP contribution is 2.23. The third-order valence-corrected chi connectivity index (χ3v) is 3.36. The van der Waals surface area contributed by atoms with Crippen molar-refractivity contribution in [3.63, 3.8) is 0 Å². The van der Waals surface area contributed by atoms with Gasteiger partial charge in [0.2, 0.25) is 0 Å². The molecule has 0 heterocycles. The van der Waals surface area contributed by atoms with Gasteiger partial charge in [0, 0.05) is 4.47 Å². The molecular weight excluding hydrogens is 292 g/mol. The third-order valence-electron chi connectivity index (χ3n) is 2.86. The Labute approximate surface area is 115 Å². The van der Waals surface area contributed by atoms with Gasteiger partial charge in [-0.15, -0.1) is 0 Å². The molecule has 0 aliphatic rings. The van der Waals surface area contributed by atoms with Crippen LogP contribution in [0.3, 0.4) is 0 Å². The SMILES string of the molecule is Oc1cccc(CCCc2cc(Br)ccc2O)c1. The number of aromatic hydroxyl groups is 2. The normalized spacial score (nSPS) is 10.5. The predicted molar refractivity (Wildman–Crippen MR) is 75.9 cm³/mol. The molecule has 0 atom stereocenters. The maximum atomic E-state index is 9.72. The zero-order valence-corrected chi connectivity index (χ0v) is 11.5. The van der Waals surface area contributed by atoms with Crippen molar-refractivity contribution in [3.05, 3.63) is 58.1 Å². The number of hydrogen-bond acceptors (Lipinski definition) is 2. The van der Waals surface area contributed by atoms with Gasteiger partial charge >= 0.3 is 0 Å². The van der Waals surface area contributed by atoms with E-state index >= 15 is 0 Å². The van der Waals surface area contributed by atoms with Crippen LogP contribution in [0.15, 0.2) is 46.9 Å². The van der Waals surface area contributed by atoms with Crippen LogP contribution in [-0.2, 0) is 12.8 Å². The summed E-state index contributed by atoms with van der Waals surface area (Å²) in [5, 5.41) is 19.1. The smallest absolute Gasteiger partial charge is 0.118 e. The van der Waals surface area contributed by atoms with Gasteiger partial charge in [0.25, 0.3) is 0 Å². The summed E-state index contributed by atoms with van der Waals surface area (Å²) in [4.78, 5) is 0. The molecule has 2 aromatic rings. The molecule has 2 nitrogen and oxygen atoms in total. The van der Waals surface area contributed by atoms with Crippen LogP contribution in [0, 0.1) is 0 Å². The Morgan fingerprint density at radius 3 is 2.56 bits per heavy atom. The predicted octanol–water partition coefficient (Wildman–Crippen LogP) is 4.04. The van der Waals surface area contributed by atoms with Crippen LogP contribution >= 0.6 is 15.9 Å². The van der Waals surface area contributed by atoms with Crippen molar-refractivity contribution in [2.45, 2.75) is 19.3 Å². The standard InChI is InChI=1S/C15H15BrO2/c16-13-7-8-15(18)12(10-13)5-1-3-11-4-2-6-14(17)9-11/h2,4,6-10,17-18H,1,3,5H2. The minimum Gasteiger partial charge on any atom is -0.508 e. The Hall–Kier alpha value is -1.48. The quantitative estimate of drug-likeness (QED) is 0.895. The average Bonchev–Trinajstić information content (AvgIpc) is 2.34. The molecule has 2 rings (SSSR count). The first-order valence-electron chi connectivity index (χ1n) is 5.90. The Morgan fingerprint density at radius 2 is 1.78 bits per heavy atom. The third kappa shape index (κ3) is 3.50. The molecule has 3 heteroatoms. The van der Waals surface area contributed by atoms with Gasteiger partial charge in [-0.25, -0.2) is 0 Å². The molecule has 18 heavy (non-hydrogen) atoms. The summed E-state index contributed by atoms with van der Waals surface area (Å²) in [6, 6.07) is 12.8. The summed E-state index contributed by atoms with van der Waals surface area (Å²) in [5.74, 6) is 0.645. The average molecular weight is 307 g/mol. The van der Waals surface area contributed by atoms with Crippen LogP contribution in [0.5, 0.6) is 11.5 Å². The molecular formula is C15H15BrO2. The minimum absolute atomic E-state index is 0.304. The minimum atomic E-state index is 0.304. The number of rotatable bonds is 4. The van der Waals surface area contributed by atoms with Gasteiger partial charge in [0.05, 0.1) is 0 Å². The number of phenols is 2. The molecule has 0 bridgehead atoms. The summed E-state index contributed by atoms with van der Waals surface area (Å²) < 4.78 is 0.979. The molecule has 0 aliphatic heterocycles. The van der Waals surface area contributed by atoms with Crippen molar-refractivity contribution in [3.8, 4) is 11.5 Å². The van der Waals surface area contributed by atoms with Crippen LogP contribution in [0.2, 0.25) is 0 Å². The van der Waals surface area contributed by atoms with E-state index in [0.29, 0.717) is 11.5 Å². The van der Waals surface area contributed by atoms with E-state index in [1.165, 1.54) is 0 Å². The van der Waals surface area contributed by atoms with E-state index < -0.39 is 0 Å². The second-order valence-electron chi connectivity index (χ2n) is 4.30. The number of halogens is 1. The van der Waals surface area contributed by atoms with Gasteiger partial charge in [0.15, 0.2) is 0 Å². The highest BCUT2D eigenvalue weighted by atomic mass is 79.9. The fourth-order valence-electron chi connectivity index (χ4n) is 1.95. The molecule has 0 unspecified atom stereocenters. The molecule has 94 valence electrons. The summed E-state index contributed by atoms with van der Waals surface area (Å²) in [6.07, 6.45) is 2.65. The van der Waals surface area contributed by atoms with E-state index in [4.69, 9.17) is 0 Å². The molecule has 0 saturated heterocycles. The van der Waals surface area contributed by atoms with Gasteiger partial charge in [-0.2, -0.15) is 0 Å². The lowest BCUT2D eigenvalue weighted by Crippen LogP contribution is -1.91. The monoisotopic (exact) mass is 306 g/mol. The van der Waals surface area contributed by atoms with Crippen LogP contribution in [0.1, 0.15) is 17.5 Å². The lowest BCUT2D eigenvalue weighted by atomic mass is 10.0. The molecule has 0 fully saturated rings. The zero-order chi connectivity index (χ0) is 13.0. The van der Waals surface area contributed by atoms with Crippen molar-refractivity contribution >= 4 is 15.9 Å². The molecule has 0 spiro atoms. The Kier molecular flexibility index (Phi) is 4.26. The van der Waals surface area contributed by atoms with Crippen LogP contribution < -0.4 is 0 Å². The molecule has 0 saturated carbocycles. The van der Waals surface area contributed by atoms with Crippen molar-refractivity contribution in [2.75, 3.05) is 0 Å². The first kappa shape index (κ1) is 13.0. The second-order valence-corrected chi connectivity index (χ2v) is 5.21. The molecule has 0 aromatic heterocycles. The van der Waals surface area contributed by atoms with Gasteiger partial charge in [-0.1, -0.05) is 28.1 Å². The largest absolute Gasteiger partial charge is 0.508 e. The zero-order valence-electron chi connectivity index (χ0n) is 9.94. The number of hydrogen-bond donors (Lipinski definition) is 2. The van der Waals surface area contributed by atoms with Crippen molar-refractivity contribution in [1.29, 1.82) is 0 Å². The fourth-order valence-corrected chi connectivity index (χ4v) is 2.36. The number of phenolic OH excluding ortho intramolecular Hbond substituents is 2. The molecule has 2 N–H and O–H groups in total. The summed E-state index contributed by atoms with van der Waals surface area (Å²) in [6.45, 7) is 0. The van der Waals surface area contributed by atoms with Gasteiger partial charge in [0.1, 0.15) is 11.5 Å². The lowest BCUT2D eigenvalue weighted by Gasteiger charge is -2.06. The van der Waals surface area contributed by atoms with Crippen LogP contribution in [0.25, 0.3) is 0 Å². The van der Waals surface area contributed by atoms with E-state index in [9.17, 15) is 10.2 Å². The molecule has 0 radical (unpaired) electrons. The number of benzene rings is 2. The van der Waals surface area contributed by atoms with Crippen molar-refractivity contribution < 1.29 is 10.2 Å². The summed E-state index contributed by atoms with van der Waals surface area (Å²) >= 11 is 3.40. The van der Waals surface area contributed by atoms with E-state index in [-0.39, 0.29) is 0 Å². The van der Waals surface area contributed by atoms with E-state index in [1.54, 1.807) is 18.2 Å². The van der Waals surface area contributed by atoms with Crippen LogP contribution in [0.4, 0.5) is 0 Å². The van der Waals surface area contributed by atoms with Gasteiger partial charge < -0.3 is 10.2 Å². The number of aryl methyl sites for hydroxylation is 2. The topological polar surface area (TPSA) is 40.5 Å². The first-order valence-corrected chi connectivity index (χ1v) is 6.70. The van der Waals surface area contributed by atoms with Gasteiger partial charge in [-0.05, 0) is 60.7 Å². The van der Waals surface area contributed by atoms with Crippen molar-refractivity contribution in [2.24, 2.45) is 0 Å². The maximum absolute atomic E-state index is 9.72. The highest BCUT2D eigenvalue weighted by molar-refractivity contribution is 9.10. The second kappa shape index (κ2) is 5.91. The van der Waals surface area contributed by atoms with Gasteiger partial charge in [-0.3, -0.25) is 0 Å². The Bertz CT molecular complexity index is 538. The van der Waals surface area contributed by atoms with E-state index in [2.05, 4.69) is 15.9 Å². The summed E-state index contributed by atoms with van der Waals surface area (Å²) in [7, 11) is 0. The molecule has 0 aliphatic carbocycles. The Balaban J connectivity index is 1.94. The van der Waals surface area contributed by atoms with E-state index in [1.807, 2.05) is 24.3 Å². The Morgan fingerprint density at radius 1 is 0.944 bits per heavy atom.